The summed E-state index contributed by atoms with van der Waals surface area (Å²) in [7, 11) is 0. The van der Waals surface area contributed by atoms with Gasteiger partial charge in [0.05, 0.1) is 17.7 Å². The Hall–Kier alpha value is -2.32. The third-order valence-electron chi connectivity index (χ3n) is 3.36. The van der Waals surface area contributed by atoms with Crippen LogP contribution in [0, 0.1) is 23.0 Å². The molecule has 2 aromatic rings. The molecule has 0 fully saturated rings. The zero-order valence-corrected chi connectivity index (χ0v) is 11.2. The Morgan fingerprint density at radius 3 is 2.38 bits per heavy atom. The second kappa shape index (κ2) is 6.91. The van der Waals surface area contributed by atoms with Crippen molar-refractivity contribution in [2.24, 2.45) is 0 Å². The molecule has 0 aliphatic rings. The maximum atomic E-state index is 14.0. The van der Waals surface area contributed by atoms with Crippen molar-refractivity contribution in [3.8, 4) is 6.07 Å². The molecule has 1 heterocycles. The van der Waals surface area contributed by atoms with Gasteiger partial charge in [-0.2, -0.15) is 5.26 Å². The van der Waals surface area contributed by atoms with Gasteiger partial charge in [0.25, 0.3) is 0 Å². The molecule has 3 nitrogen and oxygen atoms in total. The first kappa shape index (κ1) is 15.1. The zero-order chi connectivity index (χ0) is 15.2. The topological polar surface area (TPSA) is 56.9 Å². The molecule has 21 heavy (non-hydrogen) atoms. The van der Waals surface area contributed by atoms with E-state index in [4.69, 9.17) is 0 Å². The number of nitrogens with zero attached hydrogens (tertiary/aromatic N) is 2. The highest BCUT2D eigenvalue weighted by Crippen LogP contribution is 2.36. The minimum Gasteiger partial charge on any atom is -0.396 e. The molecular weight excluding hydrogens is 274 g/mol. The molecular formula is C16H14F2N2O. The molecule has 0 saturated carbocycles. The summed E-state index contributed by atoms with van der Waals surface area (Å²) in [4.78, 5) is 4.09. The maximum Gasteiger partial charge on any atom is 0.129 e. The van der Waals surface area contributed by atoms with E-state index in [2.05, 4.69) is 4.98 Å². The van der Waals surface area contributed by atoms with Crippen LogP contribution < -0.4 is 0 Å². The molecule has 0 amide bonds. The van der Waals surface area contributed by atoms with Crippen LogP contribution in [-0.2, 0) is 0 Å². The summed E-state index contributed by atoms with van der Waals surface area (Å²) in [5.41, 5.74) is 0.254. The first-order valence-electron chi connectivity index (χ1n) is 6.54. The Kier molecular flexibility index (Phi) is 4.96. The molecule has 0 aliphatic heterocycles. The highest BCUT2D eigenvalue weighted by molar-refractivity contribution is 5.31. The third-order valence-corrected chi connectivity index (χ3v) is 3.36. The standard InChI is InChI=1S/C16H14F2N2O/c17-13-4-3-5-14(18)16(13)11(7-9-21)12(10-19)15-6-1-2-8-20-15/h1-6,8,11-12,21H,7,9H2/t11-,12+/m1/s1. The van der Waals surface area contributed by atoms with Gasteiger partial charge in [-0.05, 0) is 30.7 Å². The van der Waals surface area contributed by atoms with E-state index in [0.29, 0.717) is 5.69 Å². The SMILES string of the molecule is N#C[C@H](c1ccccn1)[C@@H](CCO)c1c(F)cccc1F. The van der Waals surface area contributed by atoms with Crippen molar-refractivity contribution in [3.63, 3.8) is 0 Å². The van der Waals surface area contributed by atoms with E-state index >= 15 is 0 Å². The van der Waals surface area contributed by atoms with Gasteiger partial charge in [-0.25, -0.2) is 8.78 Å². The Morgan fingerprint density at radius 1 is 1.14 bits per heavy atom. The summed E-state index contributed by atoms with van der Waals surface area (Å²) in [6.07, 6.45) is 1.60. The quantitative estimate of drug-likeness (QED) is 0.919. The van der Waals surface area contributed by atoms with E-state index in [0.717, 1.165) is 12.1 Å². The van der Waals surface area contributed by atoms with Gasteiger partial charge < -0.3 is 5.11 Å². The lowest BCUT2D eigenvalue weighted by molar-refractivity contribution is 0.268. The molecule has 2 rings (SSSR count). The van der Waals surface area contributed by atoms with Crippen LogP contribution in [0.2, 0.25) is 0 Å². The van der Waals surface area contributed by atoms with Crippen LogP contribution in [0.15, 0.2) is 42.6 Å². The van der Waals surface area contributed by atoms with E-state index in [1.54, 1.807) is 18.2 Å². The van der Waals surface area contributed by atoms with E-state index in [1.165, 1.54) is 12.3 Å². The summed E-state index contributed by atoms with van der Waals surface area (Å²) in [5, 5.41) is 18.6. The number of rotatable bonds is 5. The zero-order valence-electron chi connectivity index (χ0n) is 11.2. The van der Waals surface area contributed by atoms with Crippen LogP contribution in [-0.4, -0.2) is 16.7 Å². The largest absolute Gasteiger partial charge is 0.396 e. The van der Waals surface area contributed by atoms with Gasteiger partial charge in [0.1, 0.15) is 11.6 Å². The molecule has 0 spiro atoms. The van der Waals surface area contributed by atoms with Gasteiger partial charge in [0, 0.05) is 24.3 Å². The third kappa shape index (κ3) is 3.23. The van der Waals surface area contributed by atoms with Gasteiger partial charge in [-0.3, -0.25) is 4.98 Å². The number of pyridine rings is 1. The molecule has 0 aliphatic carbocycles. The molecule has 2 atom stereocenters. The molecule has 0 saturated heterocycles. The van der Waals surface area contributed by atoms with Crippen LogP contribution in [0.4, 0.5) is 8.78 Å². The molecule has 5 heteroatoms. The number of halogens is 2. The van der Waals surface area contributed by atoms with E-state index in [1.807, 2.05) is 6.07 Å². The van der Waals surface area contributed by atoms with Gasteiger partial charge in [0.2, 0.25) is 0 Å². The Labute approximate surface area is 121 Å². The molecule has 1 aromatic heterocycles. The van der Waals surface area contributed by atoms with Crippen molar-refractivity contribution in [3.05, 3.63) is 65.5 Å². The fraction of sp³-hybridized carbons (Fsp3) is 0.250. The highest BCUT2D eigenvalue weighted by Gasteiger charge is 2.30. The van der Waals surface area contributed by atoms with Crippen LogP contribution in [0.25, 0.3) is 0 Å². The Balaban J connectivity index is 2.50. The summed E-state index contributed by atoms with van der Waals surface area (Å²) in [6, 6.07) is 10.7. The van der Waals surface area contributed by atoms with Gasteiger partial charge in [-0.1, -0.05) is 12.1 Å². The van der Waals surface area contributed by atoms with Crippen molar-refractivity contribution in [1.29, 1.82) is 5.26 Å². The number of aliphatic hydroxyl groups excluding tert-OH is 1. The van der Waals surface area contributed by atoms with Crippen LogP contribution in [0.3, 0.4) is 0 Å². The molecule has 0 bridgehead atoms. The van der Waals surface area contributed by atoms with Crippen molar-refractivity contribution >= 4 is 0 Å². The van der Waals surface area contributed by atoms with Crippen molar-refractivity contribution in [2.45, 2.75) is 18.3 Å². The highest BCUT2D eigenvalue weighted by atomic mass is 19.1. The Bertz CT molecular complexity index is 620. The molecule has 108 valence electrons. The van der Waals surface area contributed by atoms with Crippen LogP contribution >= 0.6 is 0 Å². The molecule has 1 aromatic carbocycles. The van der Waals surface area contributed by atoms with Crippen LogP contribution in [0.5, 0.6) is 0 Å². The van der Waals surface area contributed by atoms with Crippen LogP contribution in [0.1, 0.15) is 29.5 Å². The van der Waals surface area contributed by atoms with Crippen molar-refractivity contribution in [1.82, 2.24) is 4.98 Å². The minimum absolute atomic E-state index is 0.0760. The predicted molar refractivity (Wildman–Crippen MR) is 73.4 cm³/mol. The first-order valence-corrected chi connectivity index (χ1v) is 6.54. The lowest BCUT2D eigenvalue weighted by Crippen LogP contribution is -2.16. The van der Waals surface area contributed by atoms with Gasteiger partial charge >= 0.3 is 0 Å². The second-order valence-electron chi connectivity index (χ2n) is 4.62. The second-order valence-corrected chi connectivity index (χ2v) is 4.62. The fourth-order valence-electron chi connectivity index (χ4n) is 2.40. The average molecular weight is 288 g/mol. The fourth-order valence-corrected chi connectivity index (χ4v) is 2.40. The smallest absolute Gasteiger partial charge is 0.129 e. The van der Waals surface area contributed by atoms with Crippen molar-refractivity contribution < 1.29 is 13.9 Å². The normalized spacial score (nSPS) is 13.4. The lowest BCUT2D eigenvalue weighted by Gasteiger charge is -2.22. The summed E-state index contributed by atoms with van der Waals surface area (Å²) >= 11 is 0. The number of aromatic nitrogens is 1. The number of nitriles is 1. The van der Waals surface area contributed by atoms with Gasteiger partial charge in [-0.15, -0.1) is 0 Å². The average Bonchev–Trinajstić information content (AvgIpc) is 2.49. The number of hydrogen-bond donors (Lipinski definition) is 1. The summed E-state index contributed by atoms with van der Waals surface area (Å²) in [6.45, 7) is -0.274. The van der Waals surface area contributed by atoms with E-state index < -0.39 is 23.5 Å². The molecule has 1 N–H and O–H groups in total. The predicted octanol–water partition coefficient (Wildman–Crippen LogP) is 3.13. The number of aliphatic hydroxyl groups is 1. The molecule has 0 radical (unpaired) electrons. The first-order chi connectivity index (χ1) is 10.2. The monoisotopic (exact) mass is 288 g/mol. The maximum absolute atomic E-state index is 14.0. The Morgan fingerprint density at radius 2 is 1.86 bits per heavy atom. The van der Waals surface area contributed by atoms with E-state index in [-0.39, 0.29) is 18.6 Å². The van der Waals surface area contributed by atoms with Gasteiger partial charge in [0.15, 0.2) is 0 Å². The minimum atomic E-state index is -0.829. The summed E-state index contributed by atoms with van der Waals surface area (Å²) in [5.74, 6) is -3.06. The summed E-state index contributed by atoms with van der Waals surface area (Å²) < 4.78 is 28.0. The molecule has 0 unspecified atom stereocenters. The van der Waals surface area contributed by atoms with Crippen molar-refractivity contribution in [2.75, 3.05) is 6.61 Å². The lowest BCUT2D eigenvalue weighted by atomic mass is 9.82. The number of benzene rings is 1. The number of hydrogen-bond acceptors (Lipinski definition) is 3. The van der Waals surface area contributed by atoms with E-state index in [9.17, 15) is 19.1 Å².